The fourth-order valence-electron chi connectivity index (χ4n) is 1.40. The highest BCUT2D eigenvalue weighted by molar-refractivity contribution is 9.10. The van der Waals surface area contributed by atoms with E-state index in [9.17, 15) is 4.79 Å². The van der Waals surface area contributed by atoms with E-state index >= 15 is 0 Å². The minimum absolute atomic E-state index is 0.105. The molecule has 3 nitrogen and oxygen atoms in total. The van der Waals surface area contributed by atoms with E-state index in [0.29, 0.717) is 11.6 Å². The average Bonchev–Trinajstić information content (AvgIpc) is 2.08. The molecule has 1 N–H and O–H groups in total. The number of hydrogen-bond donors (Lipinski definition) is 1. The van der Waals surface area contributed by atoms with Crippen LogP contribution in [-0.4, -0.2) is 18.0 Å². The minimum atomic E-state index is -0.105. The lowest BCUT2D eigenvalue weighted by Gasteiger charge is -2.26. The molecule has 0 radical (unpaired) electrons. The highest BCUT2D eigenvalue weighted by atomic mass is 79.9. The second-order valence-corrected chi connectivity index (χ2v) is 4.49. The monoisotopic (exact) mass is 274 g/mol. The van der Waals surface area contributed by atoms with Gasteiger partial charge in [-0.15, -0.1) is 0 Å². The van der Waals surface area contributed by atoms with Crippen molar-refractivity contribution >= 4 is 39.2 Å². The quantitative estimate of drug-likeness (QED) is 0.775. The van der Waals surface area contributed by atoms with Gasteiger partial charge in [-0.1, -0.05) is 27.5 Å². The Balaban J connectivity index is 2.51. The second kappa shape index (κ2) is 3.44. The van der Waals surface area contributed by atoms with Gasteiger partial charge < -0.3 is 10.2 Å². The molecule has 0 saturated carbocycles. The number of fused-ring (bicyclic) bond motifs is 1. The number of halogens is 2. The van der Waals surface area contributed by atoms with Crippen LogP contribution in [0.4, 0.5) is 10.5 Å². The Kier molecular flexibility index (Phi) is 2.41. The molecule has 1 aliphatic rings. The Hall–Kier alpha value is -0.740. The number of amides is 2. The van der Waals surface area contributed by atoms with E-state index in [4.69, 9.17) is 11.6 Å². The minimum Gasteiger partial charge on any atom is -0.323 e. The Morgan fingerprint density at radius 2 is 2.29 bits per heavy atom. The van der Waals surface area contributed by atoms with Crippen molar-refractivity contribution in [2.75, 3.05) is 12.4 Å². The maximum absolute atomic E-state index is 11.3. The van der Waals surface area contributed by atoms with E-state index in [1.807, 2.05) is 6.07 Å². The standard InChI is InChI=1S/C9H8BrClN2O/c1-13-4-6-7(10)2-5(11)3-8(6)12-9(13)14/h2-3H,4H2,1H3,(H,12,14). The average molecular weight is 276 g/mol. The van der Waals surface area contributed by atoms with Gasteiger partial charge in [0.15, 0.2) is 0 Å². The fourth-order valence-corrected chi connectivity index (χ4v) is 2.33. The lowest BCUT2D eigenvalue weighted by atomic mass is 10.1. The van der Waals surface area contributed by atoms with Gasteiger partial charge in [0.2, 0.25) is 0 Å². The first kappa shape index (κ1) is 9.80. The molecule has 0 bridgehead atoms. The summed E-state index contributed by atoms with van der Waals surface area (Å²) in [5.41, 5.74) is 1.84. The molecule has 1 aromatic carbocycles. The SMILES string of the molecule is CN1Cc2c(Br)cc(Cl)cc2NC1=O. The van der Waals surface area contributed by atoms with E-state index in [0.717, 1.165) is 15.7 Å². The van der Waals surface area contributed by atoms with Crippen LogP contribution in [0.15, 0.2) is 16.6 Å². The molecule has 14 heavy (non-hydrogen) atoms. The van der Waals surface area contributed by atoms with Gasteiger partial charge in [0.25, 0.3) is 0 Å². The summed E-state index contributed by atoms with van der Waals surface area (Å²) in [5, 5.41) is 3.38. The van der Waals surface area contributed by atoms with Crippen molar-refractivity contribution in [3.8, 4) is 0 Å². The van der Waals surface area contributed by atoms with Gasteiger partial charge in [-0.2, -0.15) is 0 Å². The number of benzene rings is 1. The van der Waals surface area contributed by atoms with Crippen LogP contribution in [0.5, 0.6) is 0 Å². The number of nitrogens with zero attached hydrogens (tertiary/aromatic N) is 1. The third kappa shape index (κ3) is 1.60. The molecule has 2 rings (SSSR count). The molecule has 0 aliphatic carbocycles. The number of anilines is 1. The summed E-state index contributed by atoms with van der Waals surface area (Å²) in [6, 6.07) is 3.48. The summed E-state index contributed by atoms with van der Waals surface area (Å²) < 4.78 is 0.923. The van der Waals surface area contributed by atoms with Crippen LogP contribution >= 0.6 is 27.5 Å². The van der Waals surface area contributed by atoms with Crippen molar-refractivity contribution in [1.29, 1.82) is 0 Å². The molecule has 0 spiro atoms. The summed E-state index contributed by atoms with van der Waals surface area (Å²) in [4.78, 5) is 12.9. The summed E-state index contributed by atoms with van der Waals surface area (Å²) in [6.07, 6.45) is 0. The van der Waals surface area contributed by atoms with Gasteiger partial charge in [-0.25, -0.2) is 4.79 Å². The molecular formula is C9H8BrClN2O. The summed E-state index contributed by atoms with van der Waals surface area (Å²) in [5.74, 6) is 0. The molecule has 0 aromatic heterocycles. The summed E-state index contributed by atoms with van der Waals surface area (Å²) in [7, 11) is 1.75. The summed E-state index contributed by atoms with van der Waals surface area (Å²) in [6.45, 7) is 0.596. The first-order chi connectivity index (χ1) is 6.58. The fraction of sp³-hybridized carbons (Fsp3) is 0.222. The van der Waals surface area contributed by atoms with Crippen LogP contribution in [-0.2, 0) is 6.54 Å². The van der Waals surface area contributed by atoms with Crippen LogP contribution in [0.2, 0.25) is 5.02 Å². The van der Waals surface area contributed by atoms with Crippen LogP contribution in [0.1, 0.15) is 5.56 Å². The molecule has 0 unspecified atom stereocenters. The van der Waals surface area contributed by atoms with Crippen LogP contribution in [0, 0.1) is 0 Å². The number of carbonyl (C=O) groups excluding carboxylic acids is 1. The first-order valence-corrected chi connectivity index (χ1v) is 5.25. The maximum Gasteiger partial charge on any atom is 0.321 e. The third-order valence-electron chi connectivity index (χ3n) is 2.14. The number of carbonyl (C=O) groups is 1. The van der Waals surface area contributed by atoms with E-state index in [-0.39, 0.29) is 6.03 Å². The normalized spacial score (nSPS) is 15.1. The van der Waals surface area contributed by atoms with Gasteiger partial charge in [0.05, 0.1) is 6.54 Å². The smallest absolute Gasteiger partial charge is 0.321 e. The topological polar surface area (TPSA) is 32.3 Å². The molecule has 0 fully saturated rings. The molecule has 1 aromatic rings. The van der Waals surface area contributed by atoms with Crippen molar-refractivity contribution in [3.05, 3.63) is 27.2 Å². The molecule has 74 valence electrons. The summed E-state index contributed by atoms with van der Waals surface area (Å²) >= 11 is 9.29. The van der Waals surface area contributed by atoms with Crippen LogP contribution in [0.25, 0.3) is 0 Å². The number of nitrogens with one attached hydrogen (secondary N) is 1. The van der Waals surface area contributed by atoms with Gasteiger partial charge in [0.1, 0.15) is 0 Å². The zero-order valence-corrected chi connectivity index (χ0v) is 9.82. The molecule has 1 aliphatic heterocycles. The van der Waals surface area contributed by atoms with Gasteiger partial charge in [0, 0.05) is 27.8 Å². The van der Waals surface area contributed by atoms with E-state index < -0.39 is 0 Å². The Labute approximate surface area is 95.2 Å². The molecule has 1 heterocycles. The Bertz CT molecular complexity index is 408. The van der Waals surface area contributed by atoms with Gasteiger partial charge in [-0.05, 0) is 12.1 Å². The van der Waals surface area contributed by atoms with Crippen molar-refractivity contribution in [1.82, 2.24) is 4.90 Å². The second-order valence-electron chi connectivity index (χ2n) is 3.20. The molecular weight excluding hydrogens is 267 g/mol. The van der Waals surface area contributed by atoms with E-state index in [2.05, 4.69) is 21.2 Å². The van der Waals surface area contributed by atoms with E-state index in [1.54, 1.807) is 18.0 Å². The predicted molar refractivity (Wildman–Crippen MR) is 59.6 cm³/mol. The van der Waals surface area contributed by atoms with Crippen molar-refractivity contribution in [2.24, 2.45) is 0 Å². The van der Waals surface area contributed by atoms with Crippen LogP contribution in [0.3, 0.4) is 0 Å². The number of rotatable bonds is 0. The first-order valence-electron chi connectivity index (χ1n) is 4.08. The van der Waals surface area contributed by atoms with Crippen molar-refractivity contribution in [3.63, 3.8) is 0 Å². The van der Waals surface area contributed by atoms with Gasteiger partial charge >= 0.3 is 6.03 Å². The molecule has 5 heteroatoms. The third-order valence-corrected chi connectivity index (χ3v) is 3.07. The highest BCUT2D eigenvalue weighted by Crippen LogP contribution is 2.32. The van der Waals surface area contributed by atoms with Crippen molar-refractivity contribution in [2.45, 2.75) is 6.54 Å². The lowest BCUT2D eigenvalue weighted by molar-refractivity contribution is 0.218. The maximum atomic E-state index is 11.3. The molecule has 2 amide bonds. The number of hydrogen-bond acceptors (Lipinski definition) is 1. The van der Waals surface area contributed by atoms with Crippen molar-refractivity contribution < 1.29 is 4.79 Å². The molecule has 0 saturated heterocycles. The Morgan fingerprint density at radius 3 is 3.00 bits per heavy atom. The lowest BCUT2D eigenvalue weighted by Crippen LogP contribution is -2.35. The highest BCUT2D eigenvalue weighted by Gasteiger charge is 2.21. The molecule has 0 atom stereocenters. The largest absolute Gasteiger partial charge is 0.323 e. The number of urea groups is 1. The zero-order chi connectivity index (χ0) is 10.3. The van der Waals surface area contributed by atoms with E-state index in [1.165, 1.54) is 0 Å². The van der Waals surface area contributed by atoms with Gasteiger partial charge in [-0.3, -0.25) is 0 Å². The predicted octanol–water partition coefficient (Wildman–Crippen LogP) is 3.08. The zero-order valence-electron chi connectivity index (χ0n) is 7.47. The Morgan fingerprint density at radius 1 is 1.57 bits per heavy atom. The van der Waals surface area contributed by atoms with Crippen LogP contribution < -0.4 is 5.32 Å².